The van der Waals surface area contributed by atoms with Crippen LogP contribution in [-0.4, -0.2) is 27.1 Å². The molecule has 1 N–H and O–H groups in total. The number of hydrogen-bond donors (Lipinski definition) is 1. The molecular formula is C22H24Cl2N2O3S. The zero-order valence-electron chi connectivity index (χ0n) is 16.7. The van der Waals surface area contributed by atoms with Gasteiger partial charge in [-0.15, -0.1) is 0 Å². The van der Waals surface area contributed by atoms with Crippen LogP contribution >= 0.6 is 23.2 Å². The van der Waals surface area contributed by atoms with Crippen LogP contribution in [0.2, 0.25) is 10.0 Å². The van der Waals surface area contributed by atoms with Crippen molar-refractivity contribution in [3.8, 4) is 0 Å². The molecule has 5 nitrogen and oxygen atoms in total. The minimum atomic E-state index is -3.63. The van der Waals surface area contributed by atoms with Crippen molar-refractivity contribution in [2.24, 2.45) is 0 Å². The monoisotopic (exact) mass is 466 g/mol. The van der Waals surface area contributed by atoms with Gasteiger partial charge in [0.2, 0.25) is 10.0 Å². The summed E-state index contributed by atoms with van der Waals surface area (Å²) in [5.41, 5.74) is 2.75. The predicted octanol–water partition coefficient (Wildman–Crippen LogP) is 5.19. The van der Waals surface area contributed by atoms with E-state index in [0.29, 0.717) is 17.7 Å². The third-order valence-corrected chi connectivity index (χ3v) is 6.71. The van der Waals surface area contributed by atoms with Gasteiger partial charge in [-0.25, -0.2) is 8.42 Å². The highest BCUT2D eigenvalue weighted by Crippen LogP contribution is 2.35. The number of para-hydroxylation sites is 1. The number of nitrogens with zero attached hydrogens (tertiary/aromatic N) is 1. The number of anilines is 1. The van der Waals surface area contributed by atoms with E-state index in [0.717, 1.165) is 19.1 Å². The number of rotatable bonds is 7. The fourth-order valence-corrected chi connectivity index (χ4v) is 4.99. The molecule has 0 spiro atoms. The summed E-state index contributed by atoms with van der Waals surface area (Å²) in [7, 11) is -3.63. The largest absolute Gasteiger partial charge is 0.348 e. The average Bonchev–Trinajstić information content (AvgIpc) is 2.71. The van der Waals surface area contributed by atoms with Gasteiger partial charge in [-0.1, -0.05) is 53.1 Å². The third-order valence-electron chi connectivity index (χ3n) is 4.99. The smallest absolute Gasteiger partial charge is 0.251 e. The number of benzene rings is 2. The van der Waals surface area contributed by atoms with Crippen LogP contribution in [0.3, 0.4) is 0 Å². The molecule has 1 aliphatic rings. The summed E-state index contributed by atoms with van der Waals surface area (Å²) in [5, 5.41) is 3.45. The number of carbonyl (C=O) groups is 1. The van der Waals surface area contributed by atoms with Gasteiger partial charge in [0.05, 0.1) is 28.5 Å². The van der Waals surface area contributed by atoms with E-state index in [1.54, 1.807) is 42.5 Å². The highest BCUT2D eigenvalue weighted by atomic mass is 35.5. The predicted molar refractivity (Wildman–Crippen MR) is 123 cm³/mol. The third kappa shape index (κ3) is 5.78. The molecule has 2 aromatic rings. The number of nitrogens with one attached hydrogen (secondary N) is 1. The Balaban J connectivity index is 1.73. The Bertz CT molecular complexity index is 1030. The maximum Gasteiger partial charge on any atom is 0.251 e. The Morgan fingerprint density at radius 2 is 1.73 bits per heavy atom. The van der Waals surface area contributed by atoms with Crippen molar-refractivity contribution < 1.29 is 13.2 Å². The average molecular weight is 467 g/mol. The van der Waals surface area contributed by atoms with Crippen LogP contribution in [0.4, 0.5) is 5.69 Å². The first-order valence-electron chi connectivity index (χ1n) is 9.72. The van der Waals surface area contributed by atoms with Gasteiger partial charge >= 0.3 is 0 Å². The van der Waals surface area contributed by atoms with Gasteiger partial charge in [-0.3, -0.25) is 9.10 Å². The topological polar surface area (TPSA) is 66.5 Å². The second kappa shape index (κ2) is 9.86. The van der Waals surface area contributed by atoms with E-state index in [9.17, 15) is 13.2 Å². The van der Waals surface area contributed by atoms with Crippen molar-refractivity contribution in [2.75, 3.05) is 17.1 Å². The van der Waals surface area contributed by atoms with Crippen LogP contribution < -0.4 is 9.62 Å². The van der Waals surface area contributed by atoms with Crippen LogP contribution in [0.15, 0.2) is 54.1 Å². The summed E-state index contributed by atoms with van der Waals surface area (Å²) in [5.74, 6) is -0.151. The van der Waals surface area contributed by atoms with Crippen LogP contribution in [-0.2, 0) is 16.6 Å². The number of carbonyl (C=O) groups excluding carboxylic acids is 1. The van der Waals surface area contributed by atoms with Crippen molar-refractivity contribution in [1.82, 2.24) is 5.32 Å². The number of halogens is 2. The molecule has 160 valence electrons. The van der Waals surface area contributed by atoms with Crippen LogP contribution in [0.1, 0.15) is 41.6 Å². The maximum atomic E-state index is 12.4. The molecule has 0 fully saturated rings. The first-order valence-corrected chi connectivity index (χ1v) is 12.3. The molecule has 0 aromatic heterocycles. The molecule has 0 bridgehead atoms. The van der Waals surface area contributed by atoms with E-state index in [2.05, 4.69) is 11.4 Å². The van der Waals surface area contributed by atoms with Crippen LogP contribution in [0.25, 0.3) is 0 Å². The summed E-state index contributed by atoms with van der Waals surface area (Å²) in [6.45, 7) is 0.616. The Hall–Kier alpha value is -2.02. The molecule has 2 aromatic carbocycles. The van der Waals surface area contributed by atoms with Crippen molar-refractivity contribution in [2.45, 2.75) is 32.2 Å². The van der Waals surface area contributed by atoms with Gasteiger partial charge in [0, 0.05) is 12.1 Å². The summed E-state index contributed by atoms with van der Waals surface area (Å²) in [4.78, 5) is 12.4. The molecule has 0 radical (unpaired) electrons. The second-order valence-corrected chi connectivity index (χ2v) is 10.0. The molecule has 1 aliphatic carbocycles. The second-order valence-electron chi connectivity index (χ2n) is 7.33. The minimum Gasteiger partial charge on any atom is -0.348 e. The highest BCUT2D eigenvalue weighted by Gasteiger charge is 2.23. The van der Waals surface area contributed by atoms with Crippen molar-refractivity contribution in [1.29, 1.82) is 0 Å². The Labute approximate surface area is 187 Å². The SMILES string of the molecule is CS(=O)(=O)N(Cc1ccc(C(=O)NCC2=CCCCC2)cc1)c1c(Cl)cccc1Cl. The first kappa shape index (κ1) is 22.7. The lowest BCUT2D eigenvalue weighted by molar-refractivity contribution is 0.0956. The summed E-state index contributed by atoms with van der Waals surface area (Å²) in [6, 6.07) is 11.7. The van der Waals surface area contributed by atoms with Crippen molar-refractivity contribution in [3.05, 3.63) is 75.3 Å². The molecule has 0 saturated carbocycles. The number of hydrogen-bond acceptors (Lipinski definition) is 3. The van der Waals surface area contributed by atoms with Gasteiger partial charge in [0.25, 0.3) is 5.91 Å². The maximum absolute atomic E-state index is 12.4. The number of amides is 1. The Morgan fingerprint density at radius 3 is 2.30 bits per heavy atom. The van der Waals surface area contributed by atoms with E-state index in [-0.39, 0.29) is 28.2 Å². The van der Waals surface area contributed by atoms with Gasteiger partial charge in [-0.05, 0) is 55.5 Å². The Morgan fingerprint density at radius 1 is 1.07 bits per heavy atom. The van der Waals surface area contributed by atoms with Gasteiger partial charge in [0.1, 0.15) is 0 Å². The van der Waals surface area contributed by atoms with Gasteiger partial charge in [-0.2, -0.15) is 0 Å². The first-order chi connectivity index (χ1) is 14.3. The van der Waals surface area contributed by atoms with E-state index in [1.807, 2.05) is 0 Å². The van der Waals surface area contributed by atoms with Crippen LogP contribution in [0.5, 0.6) is 0 Å². The molecular weight excluding hydrogens is 443 g/mol. The zero-order valence-corrected chi connectivity index (χ0v) is 19.0. The van der Waals surface area contributed by atoms with Gasteiger partial charge in [0.15, 0.2) is 0 Å². The van der Waals surface area contributed by atoms with E-state index in [1.165, 1.54) is 22.7 Å². The number of sulfonamides is 1. The summed E-state index contributed by atoms with van der Waals surface area (Å²) >= 11 is 12.4. The quantitative estimate of drug-likeness (QED) is 0.570. The summed E-state index contributed by atoms with van der Waals surface area (Å²) < 4.78 is 26.0. The van der Waals surface area contributed by atoms with Crippen LogP contribution in [0, 0.1) is 0 Å². The summed E-state index contributed by atoms with van der Waals surface area (Å²) in [6.07, 6.45) is 7.80. The molecule has 3 rings (SSSR count). The minimum absolute atomic E-state index is 0.0527. The lowest BCUT2D eigenvalue weighted by Gasteiger charge is -2.24. The lowest BCUT2D eigenvalue weighted by atomic mass is 9.99. The Kier molecular flexibility index (Phi) is 7.45. The molecule has 0 unspecified atom stereocenters. The standard InChI is InChI=1S/C22H24Cl2N2O3S/c1-30(28,29)26(21-19(23)8-5-9-20(21)24)15-17-10-12-18(13-11-17)22(27)25-14-16-6-3-2-4-7-16/h5-6,8-13H,2-4,7,14-15H2,1H3,(H,25,27). The molecule has 8 heteroatoms. The molecule has 0 saturated heterocycles. The van der Waals surface area contributed by atoms with Crippen molar-refractivity contribution in [3.63, 3.8) is 0 Å². The molecule has 0 aliphatic heterocycles. The normalized spacial score (nSPS) is 14.2. The number of allylic oxidation sites excluding steroid dienone is 1. The molecule has 0 heterocycles. The van der Waals surface area contributed by atoms with Gasteiger partial charge < -0.3 is 5.32 Å². The van der Waals surface area contributed by atoms with E-state index in [4.69, 9.17) is 23.2 Å². The zero-order chi connectivity index (χ0) is 21.7. The fourth-order valence-electron chi connectivity index (χ4n) is 3.38. The molecule has 0 atom stereocenters. The van der Waals surface area contributed by atoms with Crippen molar-refractivity contribution >= 4 is 44.8 Å². The van der Waals surface area contributed by atoms with E-state index < -0.39 is 10.0 Å². The fraction of sp³-hybridized carbons (Fsp3) is 0.318. The lowest BCUT2D eigenvalue weighted by Crippen LogP contribution is -2.30. The van der Waals surface area contributed by atoms with E-state index >= 15 is 0 Å². The molecule has 30 heavy (non-hydrogen) atoms. The molecule has 1 amide bonds. The highest BCUT2D eigenvalue weighted by molar-refractivity contribution is 7.92.